The van der Waals surface area contributed by atoms with Crippen LogP contribution in [0.15, 0.2) is 69.4 Å². The van der Waals surface area contributed by atoms with Gasteiger partial charge in [0.2, 0.25) is 0 Å². The number of aromatic amines is 1. The molecule has 2 heterocycles. The number of guanidine groups is 1. The van der Waals surface area contributed by atoms with Crippen molar-refractivity contribution in [2.75, 3.05) is 19.6 Å². The van der Waals surface area contributed by atoms with Gasteiger partial charge in [-0.2, -0.15) is 18.2 Å². The molecular weight excluding hydrogens is 666 g/mol. The second kappa shape index (κ2) is 17.3. The van der Waals surface area contributed by atoms with Gasteiger partial charge in [-0.3, -0.25) is 9.56 Å². The van der Waals surface area contributed by atoms with Crippen molar-refractivity contribution in [3.63, 3.8) is 0 Å². The molecule has 8 N–H and O–H groups in total. The summed E-state index contributed by atoms with van der Waals surface area (Å²) >= 11 is 0. The number of nitrogens with zero attached hydrogens (tertiary/aromatic N) is 3. The van der Waals surface area contributed by atoms with Crippen LogP contribution >= 0.6 is 0 Å². The van der Waals surface area contributed by atoms with Gasteiger partial charge >= 0.3 is 11.2 Å². The van der Waals surface area contributed by atoms with Gasteiger partial charge in [0.05, 0.1) is 5.69 Å². The van der Waals surface area contributed by atoms with Crippen molar-refractivity contribution in [1.29, 1.82) is 0 Å². The summed E-state index contributed by atoms with van der Waals surface area (Å²) in [6.45, 7) is 14.9. The number of hydrogen-bond acceptors (Lipinski definition) is 6. The van der Waals surface area contributed by atoms with Crippen LogP contribution in [0.4, 0.5) is 13.2 Å². The molecule has 1 atom stereocenters. The molecule has 10 nitrogen and oxygen atoms in total. The van der Waals surface area contributed by atoms with E-state index in [1.54, 1.807) is 4.57 Å². The molecule has 14 heteroatoms. The number of alkyl halides is 3. The van der Waals surface area contributed by atoms with Crippen LogP contribution in [-0.4, -0.2) is 49.8 Å². The van der Waals surface area contributed by atoms with E-state index in [-0.39, 0.29) is 27.4 Å². The molecule has 0 saturated carbocycles. The van der Waals surface area contributed by atoms with Crippen LogP contribution in [0.5, 0.6) is 0 Å². The van der Waals surface area contributed by atoms with E-state index >= 15 is 0 Å². The minimum atomic E-state index is -4.73. The van der Waals surface area contributed by atoms with Crippen molar-refractivity contribution < 1.29 is 17.4 Å². The standard InChI is InChI=1S/C21H29N7O.C15H22F3NOS/c1-21(2,3)17-11-15-13-28(20(29)27-18(15)26-17)16-7-5-14(6-8-16)12-24-9-4-10-25-19(22)23;1-14(2,3)12-8-11(6-4-5-7-19)9-13(10-12)21(20)15(16,17)18/h5-8,11,13,24H,4,9-10,12H2,1-3H3,(H4,22,23,25)(H,26,27,29);8-10H,4-7,19H2,1-3H3. The molecule has 0 saturated heterocycles. The lowest BCUT2D eigenvalue weighted by molar-refractivity contribution is -0.0384. The van der Waals surface area contributed by atoms with Crippen molar-refractivity contribution in [3.8, 4) is 5.69 Å². The van der Waals surface area contributed by atoms with Gasteiger partial charge in [-0.15, -0.1) is 0 Å². The van der Waals surface area contributed by atoms with E-state index in [2.05, 4.69) is 47.1 Å². The molecule has 1 unspecified atom stereocenters. The van der Waals surface area contributed by atoms with Gasteiger partial charge in [0, 0.05) is 40.7 Å². The highest BCUT2D eigenvalue weighted by Crippen LogP contribution is 2.31. The SMILES string of the molecule is CC(C)(C)c1cc(CCCCN)cc(S(=O)C(F)(F)F)c1.CC(C)(C)c1cc2cn(-c3ccc(CNCCCN=C(N)N)cc3)c(=O)nc2[nH]1. The number of rotatable bonds is 12. The summed E-state index contributed by atoms with van der Waals surface area (Å²) in [4.78, 5) is 23.7. The Hall–Kier alpha value is -4.01. The Morgan fingerprint density at radius 3 is 2.20 bits per heavy atom. The van der Waals surface area contributed by atoms with Crippen LogP contribution in [0.1, 0.15) is 83.2 Å². The second-order valence-corrected chi connectivity index (χ2v) is 15.7. The topological polar surface area (TPSA) is 170 Å². The predicted octanol–water partition coefficient (Wildman–Crippen LogP) is 5.66. The first-order valence-corrected chi connectivity index (χ1v) is 17.8. The molecule has 2 aromatic carbocycles. The Bertz CT molecular complexity index is 1810. The second-order valence-electron chi connectivity index (χ2n) is 14.2. The molecular formula is C36H51F3N8O2S. The fourth-order valence-electron chi connectivity index (χ4n) is 4.95. The first kappa shape index (κ1) is 40.4. The monoisotopic (exact) mass is 716 g/mol. The van der Waals surface area contributed by atoms with Gasteiger partial charge in [0.15, 0.2) is 16.8 Å². The minimum absolute atomic E-state index is 0.0352. The summed E-state index contributed by atoms with van der Waals surface area (Å²) in [6.07, 6.45) is 4.97. The molecule has 0 aliphatic carbocycles. The lowest BCUT2D eigenvalue weighted by Crippen LogP contribution is -2.23. The quantitative estimate of drug-likeness (QED) is 0.0716. The van der Waals surface area contributed by atoms with Crippen LogP contribution in [-0.2, 0) is 34.6 Å². The van der Waals surface area contributed by atoms with E-state index in [4.69, 9.17) is 17.2 Å². The number of nitrogens with two attached hydrogens (primary N) is 3. The molecule has 50 heavy (non-hydrogen) atoms. The number of H-pyrrole nitrogens is 1. The Morgan fingerprint density at radius 2 is 1.62 bits per heavy atom. The molecule has 0 fully saturated rings. The maximum atomic E-state index is 12.7. The number of halogens is 3. The van der Waals surface area contributed by atoms with Crippen molar-refractivity contribution in [2.24, 2.45) is 22.2 Å². The summed E-state index contributed by atoms with van der Waals surface area (Å²) in [5, 5.41) is 4.27. The summed E-state index contributed by atoms with van der Waals surface area (Å²) < 4.78 is 51.2. The van der Waals surface area contributed by atoms with Gasteiger partial charge < -0.3 is 27.5 Å². The van der Waals surface area contributed by atoms with Crippen LogP contribution in [0.25, 0.3) is 16.7 Å². The summed E-state index contributed by atoms with van der Waals surface area (Å²) in [5.74, 6) is 0.123. The highest BCUT2D eigenvalue weighted by molar-refractivity contribution is 7.86. The zero-order chi connectivity index (χ0) is 37.3. The van der Waals surface area contributed by atoms with Gasteiger partial charge in [-0.1, -0.05) is 59.7 Å². The molecule has 274 valence electrons. The van der Waals surface area contributed by atoms with Crippen LogP contribution in [0.3, 0.4) is 0 Å². The van der Waals surface area contributed by atoms with Crippen molar-refractivity contribution >= 4 is 27.8 Å². The van der Waals surface area contributed by atoms with Crippen LogP contribution < -0.4 is 28.2 Å². The predicted molar refractivity (Wildman–Crippen MR) is 197 cm³/mol. The smallest absolute Gasteiger partial charge is 0.370 e. The van der Waals surface area contributed by atoms with Crippen molar-refractivity contribution in [3.05, 3.63) is 87.6 Å². The van der Waals surface area contributed by atoms with Crippen LogP contribution in [0, 0.1) is 0 Å². The van der Waals surface area contributed by atoms with E-state index in [1.165, 1.54) is 12.1 Å². The van der Waals surface area contributed by atoms with Crippen molar-refractivity contribution in [2.45, 2.75) is 95.0 Å². The average molecular weight is 717 g/mol. The molecule has 4 aromatic rings. The number of unbranched alkanes of at least 4 members (excludes halogenated alkanes) is 1. The number of fused-ring (bicyclic) bond motifs is 1. The maximum Gasteiger partial charge on any atom is 0.475 e. The third kappa shape index (κ3) is 12.1. The summed E-state index contributed by atoms with van der Waals surface area (Å²) in [6, 6.07) is 14.6. The first-order chi connectivity index (χ1) is 23.3. The lowest BCUT2D eigenvalue weighted by Gasteiger charge is -2.21. The highest BCUT2D eigenvalue weighted by atomic mass is 32.2. The molecule has 0 aliphatic rings. The number of benzene rings is 2. The molecule has 2 aromatic heterocycles. The highest BCUT2D eigenvalue weighted by Gasteiger charge is 2.38. The fourth-order valence-corrected chi connectivity index (χ4v) is 5.71. The Labute approximate surface area is 294 Å². The van der Waals surface area contributed by atoms with E-state index in [0.29, 0.717) is 25.2 Å². The zero-order valence-electron chi connectivity index (χ0n) is 29.8. The lowest BCUT2D eigenvalue weighted by atomic mass is 9.86. The van der Waals surface area contributed by atoms with E-state index in [9.17, 15) is 22.2 Å². The number of nitrogens with one attached hydrogen (secondary N) is 2. The third-order valence-corrected chi connectivity index (χ3v) is 8.93. The Balaban J connectivity index is 0.000000286. The number of hydrogen-bond donors (Lipinski definition) is 5. The molecule has 0 radical (unpaired) electrons. The fraction of sp³-hybridized carbons (Fsp3) is 0.472. The number of aromatic nitrogens is 3. The third-order valence-electron chi connectivity index (χ3n) is 7.84. The molecule has 0 amide bonds. The molecule has 0 bridgehead atoms. The van der Waals surface area contributed by atoms with Gasteiger partial charge in [-0.25, -0.2) is 9.00 Å². The van der Waals surface area contributed by atoms with Crippen molar-refractivity contribution in [1.82, 2.24) is 19.9 Å². The van der Waals surface area contributed by atoms with Gasteiger partial charge in [0.25, 0.3) is 0 Å². The van der Waals surface area contributed by atoms with E-state index in [0.717, 1.165) is 65.8 Å². The maximum absolute atomic E-state index is 12.7. The Morgan fingerprint density at radius 1 is 0.940 bits per heavy atom. The normalized spacial score (nSPS) is 12.8. The number of aryl methyl sites for hydroxylation is 1. The van der Waals surface area contributed by atoms with Gasteiger partial charge in [0.1, 0.15) is 5.65 Å². The minimum Gasteiger partial charge on any atom is -0.370 e. The zero-order valence-corrected chi connectivity index (χ0v) is 30.6. The molecule has 4 rings (SSSR count). The molecule has 0 aliphatic heterocycles. The Kier molecular flexibility index (Phi) is 14.0. The molecule has 0 spiro atoms. The van der Waals surface area contributed by atoms with Gasteiger partial charge in [-0.05, 0) is 91.2 Å². The largest absolute Gasteiger partial charge is 0.475 e. The van der Waals surface area contributed by atoms with Crippen LogP contribution in [0.2, 0.25) is 0 Å². The van der Waals surface area contributed by atoms with E-state index < -0.39 is 16.3 Å². The summed E-state index contributed by atoms with van der Waals surface area (Å²) in [7, 11) is -2.99. The average Bonchev–Trinajstić information content (AvgIpc) is 3.45. The van der Waals surface area contributed by atoms with E-state index in [1.807, 2.05) is 57.3 Å². The summed E-state index contributed by atoms with van der Waals surface area (Å²) in [5.41, 5.74) is 15.8. The first-order valence-electron chi connectivity index (χ1n) is 16.6. The number of aliphatic imine (C=N–C) groups is 1.